The van der Waals surface area contributed by atoms with Gasteiger partial charge in [-0.1, -0.05) is 29.8 Å². The van der Waals surface area contributed by atoms with Crippen LogP contribution in [0, 0.1) is 12.7 Å². The van der Waals surface area contributed by atoms with Crippen molar-refractivity contribution in [1.29, 1.82) is 0 Å². The molecule has 2 heterocycles. The Balaban J connectivity index is 1.57. The number of hydrogen-bond acceptors (Lipinski definition) is 3. The fourth-order valence-corrected chi connectivity index (χ4v) is 3.95. The van der Waals surface area contributed by atoms with Gasteiger partial charge in [-0.3, -0.25) is 9.58 Å². The number of benzene rings is 2. The molecule has 0 radical (unpaired) electrons. The smallest absolute Gasteiger partial charge is 0.123 e. The Labute approximate surface area is 158 Å². The van der Waals surface area contributed by atoms with Crippen LogP contribution in [0.25, 0.3) is 11.3 Å². The number of hydrogen-bond donors (Lipinski definition) is 1. The minimum Gasteiger partial charge on any atom is -0.384 e. The normalized spacial score (nSPS) is 20.3. The van der Waals surface area contributed by atoms with E-state index in [1.54, 1.807) is 12.1 Å². The van der Waals surface area contributed by atoms with Crippen molar-refractivity contribution in [3.63, 3.8) is 0 Å². The van der Waals surface area contributed by atoms with Crippen LogP contribution in [0.3, 0.4) is 0 Å². The maximum Gasteiger partial charge on any atom is 0.123 e. The zero-order chi connectivity index (χ0) is 19.0. The fraction of sp³-hybridized carbons (Fsp3) is 0.318. The zero-order valence-corrected chi connectivity index (χ0v) is 15.7. The van der Waals surface area contributed by atoms with Crippen molar-refractivity contribution < 1.29 is 9.50 Å². The molecule has 1 fully saturated rings. The van der Waals surface area contributed by atoms with E-state index in [1.807, 2.05) is 24.0 Å². The number of aromatic nitrogens is 2. The van der Waals surface area contributed by atoms with Crippen molar-refractivity contribution in [2.75, 3.05) is 13.1 Å². The van der Waals surface area contributed by atoms with Crippen molar-refractivity contribution in [2.45, 2.75) is 25.5 Å². The summed E-state index contributed by atoms with van der Waals surface area (Å²) in [5.41, 5.74) is 4.54. The quantitative estimate of drug-likeness (QED) is 0.768. The molecule has 2 aromatic carbocycles. The molecule has 0 spiro atoms. The second kappa shape index (κ2) is 6.91. The summed E-state index contributed by atoms with van der Waals surface area (Å²) in [7, 11) is 1.95. The molecule has 1 aliphatic rings. The Bertz CT molecular complexity index is 950. The van der Waals surface area contributed by atoms with Gasteiger partial charge in [-0.05, 0) is 48.7 Å². The lowest BCUT2D eigenvalue weighted by molar-refractivity contribution is 0.0452. The van der Waals surface area contributed by atoms with Gasteiger partial charge in [0.05, 0.1) is 5.69 Å². The predicted octanol–water partition coefficient (Wildman–Crippen LogP) is 3.63. The third-order valence-corrected chi connectivity index (χ3v) is 5.46. The molecule has 5 heteroatoms. The van der Waals surface area contributed by atoms with Crippen molar-refractivity contribution in [1.82, 2.24) is 14.7 Å². The fourth-order valence-electron chi connectivity index (χ4n) is 3.95. The monoisotopic (exact) mass is 365 g/mol. The van der Waals surface area contributed by atoms with Crippen LogP contribution in [0.2, 0.25) is 0 Å². The van der Waals surface area contributed by atoms with Crippen LogP contribution in [0.4, 0.5) is 4.39 Å². The van der Waals surface area contributed by atoms with Gasteiger partial charge in [0.2, 0.25) is 0 Å². The van der Waals surface area contributed by atoms with Crippen LogP contribution < -0.4 is 0 Å². The molecule has 27 heavy (non-hydrogen) atoms. The lowest BCUT2D eigenvalue weighted by atomic mass is 9.93. The Kier molecular flexibility index (Phi) is 4.58. The van der Waals surface area contributed by atoms with E-state index >= 15 is 0 Å². The third kappa shape index (κ3) is 3.53. The number of aliphatic hydroxyl groups is 1. The second-order valence-electron chi connectivity index (χ2n) is 7.50. The minimum atomic E-state index is -0.926. The average molecular weight is 365 g/mol. The maximum absolute atomic E-state index is 13.2. The highest BCUT2D eigenvalue weighted by Gasteiger charge is 2.37. The van der Waals surface area contributed by atoms with E-state index in [1.165, 1.54) is 28.8 Å². The molecule has 0 amide bonds. The number of aryl methyl sites for hydroxylation is 2. The van der Waals surface area contributed by atoms with Gasteiger partial charge in [-0.15, -0.1) is 0 Å². The predicted molar refractivity (Wildman–Crippen MR) is 104 cm³/mol. The van der Waals surface area contributed by atoms with Crippen LogP contribution in [-0.2, 0) is 19.2 Å². The molecule has 0 saturated carbocycles. The lowest BCUT2D eigenvalue weighted by Gasteiger charge is -2.24. The van der Waals surface area contributed by atoms with E-state index in [4.69, 9.17) is 0 Å². The van der Waals surface area contributed by atoms with Gasteiger partial charge >= 0.3 is 0 Å². The average Bonchev–Trinajstić information content (AvgIpc) is 3.23. The molecular weight excluding hydrogens is 341 g/mol. The Morgan fingerprint density at radius 1 is 1.15 bits per heavy atom. The highest BCUT2D eigenvalue weighted by molar-refractivity contribution is 5.64. The van der Waals surface area contributed by atoms with Gasteiger partial charge in [0.1, 0.15) is 11.4 Å². The van der Waals surface area contributed by atoms with E-state index in [0.29, 0.717) is 13.0 Å². The highest BCUT2D eigenvalue weighted by atomic mass is 19.1. The molecule has 4 rings (SSSR count). The van der Waals surface area contributed by atoms with E-state index < -0.39 is 5.60 Å². The Morgan fingerprint density at radius 3 is 2.63 bits per heavy atom. The van der Waals surface area contributed by atoms with Crippen LogP contribution in [-0.4, -0.2) is 32.9 Å². The van der Waals surface area contributed by atoms with Gasteiger partial charge in [0.25, 0.3) is 0 Å². The maximum atomic E-state index is 13.2. The number of nitrogens with zero attached hydrogens (tertiary/aromatic N) is 3. The topological polar surface area (TPSA) is 41.3 Å². The SMILES string of the molecule is Cc1ccc(CN2CCC(O)(c3ccc(F)cc3)C2)c(-c2ccnn2C)c1. The molecule has 140 valence electrons. The van der Waals surface area contributed by atoms with Crippen molar-refractivity contribution in [3.05, 3.63) is 77.2 Å². The summed E-state index contributed by atoms with van der Waals surface area (Å²) >= 11 is 0. The number of halogens is 1. The molecule has 1 aromatic heterocycles. The molecule has 1 N–H and O–H groups in total. The van der Waals surface area contributed by atoms with Crippen molar-refractivity contribution in [3.8, 4) is 11.3 Å². The van der Waals surface area contributed by atoms with E-state index in [9.17, 15) is 9.50 Å². The van der Waals surface area contributed by atoms with Gasteiger partial charge in [0.15, 0.2) is 0 Å². The summed E-state index contributed by atoms with van der Waals surface area (Å²) in [6.45, 7) is 4.18. The van der Waals surface area contributed by atoms with Crippen molar-refractivity contribution >= 4 is 0 Å². The van der Waals surface area contributed by atoms with Gasteiger partial charge in [0, 0.05) is 38.4 Å². The van der Waals surface area contributed by atoms with Crippen LogP contribution >= 0.6 is 0 Å². The van der Waals surface area contributed by atoms with E-state index in [2.05, 4.69) is 35.1 Å². The number of likely N-dealkylation sites (tertiary alicyclic amines) is 1. The van der Waals surface area contributed by atoms with E-state index in [0.717, 1.165) is 24.3 Å². The first-order chi connectivity index (χ1) is 12.9. The molecule has 0 aliphatic carbocycles. The zero-order valence-electron chi connectivity index (χ0n) is 15.7. The first-order valence-corrected chi connectivity index (χ1v) is 9.23. The summed E-state index contributed by atoms with van der Waals surface area (Å²) in [6.07, 6.45) is 2.45. The van der Waals surface area contributed by atoms with Crippen LogP contribution in [0.15, 0.2) is 54.7 Å². The number of β-amino-alcohol motifs (C(OH)–C–C–N with tert-alkyl or cyclic N) is 1. The van der Waals surface area contributed by atoms with Crippen LogP contribution in [0.1, 0.15) is 23.1 Å². The Hall–Kier alpha value is -2.50. The van der Waals surface area contributed by atoms with Crippen LogP contribution in [0.5, 0.6) is 0 Å². The second-order valence-corrected chi connectivity index (χ2v) is 7.50. The minimum absolute atomic E-state index is 0.280. The first kappa shape index (κ1) is 17.9. The molecule has 1 saturated heterocycles. The standard InChI is InChI=1S/C22H24FN3O/c1-16-3-4-17(20(13-16)21-9-11-24-25(21)2)14-26-12-10-22(27,15-26)18-5-7-19(23)8-6-18/h3-9,11,13,27H,10,12,14-15H2,1-2H3. The van der Waals surface area contributed by atoms with Crippen molar-refractivity contribution in [2.24, 2.45) is 7.05 Å². The van der Waals surface area contributed by atoms with E-state index in [-0.39, 0.29) is 5.82 Å². The Morgan fingerprint density at radius 2 is 1.93 bits per heavy atom. The third-order valence-electron chi connectivity index (χ3n) is 5.46. The number of rotatable bonds is 4. The van der Waals surface area contributed by atoms with Gasteiger partial charge in [-0.2, -0.15) is 5.10 Å². The molecule has 1 atom stereocenters. The summed E-state index contributed by atoms with van der Waals surface area (Å²) < 4.78 is 15.1. The highest BCUT2D eigenvalue weighted by Crippen LogP contribution is 2.34. The molecular formula is C22H24FN3O. The summed E-state index contributed by atoms with van der Waals surface area (Å²) in [5, 5.41) is 15.4. The summed E-state index contributed by atoms with van der Waals surface area (Å²) in [4.78, 5) is 2.26. The molecule has 3 aromatic rings. The summed E-state index contributed by atoms with van der Waals surface area (Å²) in [6, 6.07) is 14.7. The van der Waals surface area contributed by atoms with Gasteiger partial charge in [-0.25, -0.2) is 4.39 Å². The lowest BCUT2D eigenvalue weighted by Crippen LogP contribution is -2.30. The first-order valence-electron chi connectivity index (χ1n) is 9.23. The molecule has 1 unspecified atom stereocenters. The molecule has 4 nitrogen and oxygen atoms in total. The summed E-state index contributed by atoms with van der Waals surface area (Å²) in [5.74, 6) is -0.280. The van der Waals surface area contributed by atoms with Gasteiger partial charge < -0.3 is 5.11 Å². The largest absolute Gasteiger partial charge is 0.384 e. The molecule has 1 aliphatic heterocycles. The molecule has 0 bridgehead atoms.